The average molecular weight is 377 g/mol. The zero-order valence-electron chi connectivity index (χ0n) is 16.4. The van der Waals surface area contributed by atoms with Gasteiger partial charge in [0.1, 0.15) is 11.8 Å². The summed E-state index contributed by atoms with van der Waals surface area (Å²) < 4.78 is 4.69. The van der Waals surface area contributed by atoms with Crippen LogP contribution in [0.2, 0.25) is 0 Å². The maximum atomic E-state index is 13.0. The lowest BCUT2D eigenvalue weighted by atomic mass is 9.89. The van der Waals surface area contributed by atoms with E-state index >= 15 is 0 Å². The number of carbonyl (C=O) groups is 2. The van der Waals surface area contributed by atoms with Crippen molar-refractivity contribution < 1.29 is 19.4 Å². The maximum Gasteiger partial charge on any atom is 0.328 e. The van der Waals surface area contributed by atoms with Crippen molar-refractivity contribution in [1.29, 1.82) is 0 Å². The van der Waals surface area contributed by atoms with Crippen LogP contribution in [-0.2, 0) is 9.53 Å². The van der Waals surface area contributed by atoms with Crippen LogP contribution in [-0.4, -0.2) is 30.1 Å². The van der Waals surface area contributed by atoms with Gasteiger partial charge in [0.05, 0.1) is 7.11 Å². The SMILES string of the molecule is COC(=O)[C@H](C)NC(=O)c1ccc2ccccc2c1-c1c(C)cc(C)cc1O. The fraction of sp³-hybridized carbons (Fsp3) is 0.217. The molecule has 2 N–H and O–H groups in total. The second-order valence-corrected chi connectivity index (χ2v) is 6.90. The monoisotopic (exact) mass is 377 g/mol. The van der Waals surface area contributed by atoms with Crippen LogP contribution in [0.1, 0.15) is 28.4 Å². The number of esters is 1. The average Bonchev–Trinajstić information content (AvgIpc) is 2.66. The molecule has 0 radical (unpaired) electrons. The van der Waals surface area contributed by atoms with Crippen molar-refractivity contribution in [3.8, 4) is 16.9 Å². The van der Waals surface area contributed by atoms with E-state index < -0.39 is 17.9 Å². The van der Waals surface area contributed by atoms with Crippen molar-refractivity contribution in [1.82, 2.24) is 5.32 Å². The first kappa shape index (κ1) is 19.4. The fourth-order valence-corrected chi connectivity index (χ4v) is 3.51. The Kier molecular flexibility index (Phi) is 5.36. The molecule has 0 aliphatic rings. The summed E-state index contributed by atoms with van der Waals surface area (Å²) in [6.07, 6.45) is 0. The number of aromatic hydroxyl groups is 1. The number of hydrogen-bond acceptors (Lipinski definition) is 4. The molecular formula is C23H23NO4. The third-order valence-corrected chi connectivity index (χ3v) is 4.79. The van der Waals surface area contributed by atoms with Gasteiger partial charge in [-0.25, -0.2) is 4.79 Å². The predicted molar refractivity (Wildman–Crippen MR) is 109 cm³/mol. The minimum Gasteiger partial charge on any atom is -0.507 e. The van der Waals surface area contributed by atoms with E-state index in [1.54, 1.807) is 19.1 Å². The normalized spacial score (nSPS) is 11.9. The van der Waals surface area contributed by atoms with E-state index in [0.717, 1.165) is 21.9 Å². The van der Waals surface area contributed by atoms with Crippen LogP contribution in [0.3, 0.4) is 0 Å². The van der Waals surface area contributed by atoms with Gasteiger partial charge in [-0.05, 0) is 54.8 Å². The molecule has 1 amide bonds. The Bertz CT molecular complexity index is 1050. The smallest absolute Gasteiger partial charge is 0.328 e. The number of rotatable bonds is 4. The fourth-order valence-electron chi connectivity index (χ4n) is 3.51. The van der Waals surface area contributed by atoms with Crippen molar-refractivity contribution in [3.05, 3.63) is 65.2 Å². The van der Waals surface area contributed by atoms with Crippen molar-refractivity contribution >= 4 is 22.6 Å². The Balaban J connectivity index is 2.24. The highest BCUT2D eigenvalue weighted by molar-refractivity contribution is 6.11. The molecule has 0 unspecified atom stereocenters. The highest BCUT2D eigenvalue weighted by atomic mass is 16.5. The van der Waals surface area contributed by atoms with Gasteiger partial charge in [0.25, 0.3) is 5.91 Å². The third kappa shape index (κ3) is 3.56. The standard InChI is InChI=1S/C23H23NO4/c1-13-11-14(2)20(19(25)12-13)21-17-8-6-5-7-16(17)9-10-18(21)22(26)24-15(3)23(27)28-4/h5-12,15,25H,1-4H3,(H,24,26)/t15-/m0/s1. The first-order chi connectivity index (χ1) is 13.3. The molecule has 3 aromatic carbocycles. The lowest BCUT2D eigenvalue weighted by Crippen LogP contribution is -2.39. The summed E-state index contributed by atoms with van der Waals surface area (Å²) in [4.78, 5) is 24.7. The summed E-state index contributed by atoms with van der Waals surface area (Å²) in [7, 11) is 1.28. The summed E-state index contributed by atoms with van der Waals surface area (Å²) in [5.74, 6) is -0.813. The zero-order valence-corrected chi connectivity index (χ0v) is 16.4. The van der Waals surface area contributed by atoms with Crippen LogP contribution < -0.4 is 5.32 Å². The molecule has 0 fully saturated rings. The van der Waals surface area contributed by atoms with Crippen molar-refractivity contribution in [2.75, 3.05) is 7.11 Å². The number of nitrogens with one attached hydrogen (secondary N) is 1. The van der Waals surface area contributed by atoms with E-state index in [0.29, 0.717) is 16.7 Å². The summed E-state index contributed by atoms with van der Waals surface area (Å²) in [5, 5.41) is 15.2. The van der Waals surface area contributed by atoms with Crippen LogP contribution in [0.15, 0.2) is 48.5 Å². The molecule has 5 nitrogen and oxygen atoms in total. The molecule has 0 bridgehead atoms. The molecule has 1 atom stereocenters. The zero-order chi connectivity index (χ0) is 20.4. The van der Waals surface area contributed by atoms with Crippen molar-refractivity contribution in [2.45, 2.75) is 26.8 Å². The van der Waals surface area contributed by atoms with Gasteiger partial charge in [-0.1, -0.05) is 36.4 Å². The molecule has 0 saturated heterocycles. The minimum absolute atomic E-state index is 0.115. The Morgan fingerprint density at radius 3 is 2.43 bits per heavy atom. The molecule has 0 aliphatic heterocycles. The molecule has 0 aromatic heterocycles. The maximum absolute atomic E-state index is 13.0. The molecular weight excluding hydrogens is 354 g/mol. The number of methoxy groups -OCH3 is 1. The summed E-state index contributed by atoms with van der Waals surface area (Å²) in [6.45, 7) is 5.38. The Morgan fingerprint density at radius 1 is 1.04 bits per heavy atom. The molecule has 3 rings (SSSR count). The number of carbonyl (C=O) groups excluding carboxylic acids is 2. The predicted octanol–water partition coefficient (Wildman–Crippen LogP) is 4.12. The van der Waals surface area contributed by atoms with Gasteiger partial charge in [0.15, 0.2) is 0 Å². The van der Waals surface area contributed by atoms with E-state index in [9.17, 15) is 14.7 Å². The second kappa shape index (κ2) is 7.72. The lowest BCUT2D eigenvalue weighted by molar-refractivity contribution is -0.142. The van der Waals surface area contributed by atoms with Crippen LogP contribution in [0.4, 0.5) is 0 Å². The molecule has 3 aromatic rings. The third-order valence-electron chi connectivity index (χ3n) is 4.79. The Labute approximate surface area is 164 Å². The van der Waals surface area contributed by atoms with Crippen LogP contribution >= 0.6 is 0 Å². The first-order valence-corrected chi connectivity index (χ1v) is 9.04. The molecule has 28 heavy (non-hydrogen) atoms. The van der Waals surface area contributed by atoms with Crippen molar-refractivity contribution in [3.63, 3.8) is 0 Å². The van der Waals surface area contributed by atoms with E-state index in [4.69, 9.17) is 4.74 Å². The number of phenolic OH excluding ortho intramolecular Hbond substituents is 1. The molecule has 0 saturated carbocycles. The van der Waals surface area contributed by atoms with Gasteiger partial charge in [0.2, 0.25) is 0 Å². The molecule has 0 heterocycles. The van der Waals surface area contributed by atoms with E-state index in [1.807, 2.05) is 50.2 Å². The lowest BCUT2D eigenvalue weighted by Gasteiger charge is -2.18. The number of ether oxygens (including phenoxy) is 1. The van der Waals surface area contributed by atoms with Gasteiger partial charge in [-0.3, -0.25) is 4.79 Å². The van der Waals surface area contributed by atoms with E-state index in [1.165, 1.54) is 7.11 Å². The molecule has 0 spiro atoms. The number of fused-ring (bicyclic) bond motifs is 1. The second-order valence-electron chi connectivity index (χ2n) is 6.90. The van der Waals surface area contributed by atoms with Gasteiger partial charge in [-0.15, -0.1) is 0 Å². The number of phenols is 1. The number of aryl methyl sites for hydroxylation is 2. The Hall–Kier alpha value is -3.34. The first-order valence-electron chi connectivity index (χ1n) is 9.04. The van der Waals surface area contributed by atoms with Crippen LogP contribution in [0.5, 0.6) is 5.75 Å². The van der Waals surface area contributed by atoms with E-state index in [-0.39, 0.29) is 5.75 Å². The highest BCUT2D eigenvalue weighted by Gasteiger charge is 2.23. The summed E-state index contributed by atoms with van der Waals surface area (Å²) in [5.41, 5.74) is 3.44. The van der Waals surface area contributed by atoms with Gasteiger partial charge in [-0.2, -0.15) is 0 Å². The van der Waals surface area contributed by atoms with Crippen LogP contribution in [0.25, 0.3) is 21.9 Å². The topological polar surface area (TPSA) is 75.6 Å². The summed E-state index contributed by atoms with van der Waals surface area (Å²) in [6, 6.07) is 14.1. The molecule has 0 aliphatic carbocycles. The largest absolute Gasteiger partial charge is 0.507 e. The van der Waals surface area contributed by atoms with Crippen LogP contribution in [0, 0.1) is 13.8 Å². The van der Waals surface area contributed by atoms with E-state index in [2.05, 4.69) is 5.32 Å². The van der Waals surface area contributed by atoms with Gasteiger partial charge < -0.3 is 15.2 Å². The Morgan fingerprint density at radius 2 is 1.75 bits per heavy atom. The quantitative estimate of drug-likeness (QED) is 0.671. The molecule has 144 valence electrons. The van der Waals surface area contributed by atoms with Gasteiger partial charge >= 0.3 is 5.97 Å². The minimum atomic E-state index is -0.787. The number of amides is 1. The van der Waals surface area contributed by atoms with Crippen molar-refractivity contribution in [2.24, 2.45) is 0 Å². The highest BCUT2D eigenvalue weighted by Crippen LogP contribution is 2.40. The number of benzene rings is 3. The number of hydrogen-bond donors (Lipinski definition) is 2. The summed E-state index contributed by atoms with van der Waals surface area (Å²) >= 11 is 0. The molecule has 5 heteroatoms. The van der Waals surface area contributed by atoms with Gasteiger partial charge in [0, 0.05) is 16.7 Å².